The van der Waals surface area contributed by atoms with E-state index in [1.54, 1.807) is 12.1 Å². The van der Waals surface area contributed by atoms with Gasteiger partial charge >= 0.3 is 6.18 Å². The zero-order valence-electron chi connectivity index (χ0n) is 13.2. The van der Waals surface area contributed by atoms with Gasteiger partial charge in [-0.15, -0.1) is 0 Å². The monoisotopic (exact) mass is 332 g/mol. The van der Waals surface area contributed by atoms with E-state index in [-0.39, 0.29) is 0 Å². The first-order valence-electron chi connectivity index (χ1n) is 8.30. The van der Waals surface area contributed by atoms with Crippen LogP contribution in [0.1, 0.15) is 17.5 Å². The molecule has 24 heavy (non-hydrogen) atoms. The lowest BCUT2D eigenvalue weighted by atomic mass is 10.0. The van der Waals surface area contributed by atoms with Crippen LogP contribution in [0.3, 0.4) is 0 Å². The Labute approximate surface area is 139 Å². The fourth-order valence-electron chi connectivity index (χ4n) is 3.75. The van der Waals surface area contributed by atoms with Crippen LogP contribution in [0.4, 0.5) is 18.9 Å². The van der Waals surface area contributed by atoms with Gasteiger partial charge in [-0.1, -0.05) is 24.3 Å². The number of benzene rings is 2. The van der Waals surface area contributed by atoms with E-state index in [1.165, 1.54) is 11.3 Å². The van der Waals surface area contributed by atoms with Crippen molar-refractivity contribution in [2.75, 3.05) is 24.5 Å². The molecule has 1 N–H and O–H groups in total. The molecular formula is C19H19F3N2. The molecule has 0 radical (unpaired) electrons. The first kappa shape index (κ1) is 15.5. The Morgan fingerprint density at radius 1 is 0.958 bits per heavy atom. The van der Waals surface area contributed by atoms with Gasteiger partial charge in [0.1, 0.15) is 0 Å². The van der Waals surface area contributed by atoms with Gasteiger partial charge in [0, 0.05) is 24.8 Å². The number of halogens is 3. The van der Waals surface area contributed by atoms with E-state index in [2.05, 4.69) is 22.3 Å². The molecule has 0 saturated carbocycles. The third-order valence-electron chi connectivity index (χ3n) is 5.02. The van der Waals surface area contributed by atoms with Gasteiger partial charge < -0.3 is 10.2 Å². The van der Waals surface area contributed by atoms with Gasteiger partial charge in [-0.25, -0.2) is 0 Å². The highest BCUT2D eigenvalue weighted by Gasteiger charge is 2.31. The first-order valence-corrected chi connectivity index (χ1v) is 8.30. The van der Waals surface area contributed by atoms with E-state index >= 15 is 0 Å². The molecule has 0 bridgehead atoms. The number of nitrogens with one attached hydrogen (secondary N) is 1. The minimum Gasteiger partial charge on any atom is -0.367 e. The Kier molecular flexibility index (Phi) is 3.76. The minimum absolute atomic E-state index is 0.540. The van der Waals surface area contributed by atoms with E-state index in [0.717, 1.165) is 55.7 Å². The van der Waals surface area contributed by atoms with E-state index in [9.17, 15) is 13.2 Å². The second kappa shape index (κ2) is 5.81. The minimum atomic E-state index is -4.29. The van der Waals surface area contributed by atoms with Crippen molar-refractivity contribution >= 4 is 5.69 Å². The molecule has 1 atom stereocenters. The maximum absolute atomic E-state index is 12.7. The number of alkyl halides is 3. The van der Waals surface area contributed by atoms with Crippen LogP contribution in [-0.2, 0) is 12.6 Å². The number of rotatable bonds is 1. The highest BCUT2D eigenvalue weighted by Crippen LogP contribution is 2.37. The number of anilines is 1. The van der Waals surface area contributed by atoms with E-state index in [4.69, 9.17) is 0 Å². The number of hydrogen-bond donors (Lipinski definition) is 1. The Hall–Kier alpha value is -2.01. The Balaban J connectivity index is 1.65. The van der Waals surface area contributed by atoms with E-state index in [1.807, 2.05) is 6.07 Å². The standard InChI is InChI=1S/C19H19F3N2/c20-19(21,22)16-5-3-13(4-6-16)14-1-2-15-11-17-7-8-23-9-10-24(17)18(15)12-14/h1-6,12,17,23H,7-11H2. The third-order valence-corrected chi connectivity index (χ3v) is 5.02. The second-order valence-corrected chi connectivity index (χ2v) is 6.51. The van der Waals surface area contributed by atoms with Crippen molar-refractivity contribution in [2.45, 2.75) is 25.1 Å². The topological polar surface area (TPSA) is 15.3 Å². The average Bonchev–Trinajstić information content (AvgIpc) is 2.74. The van der Waals surface area contributed by atoms with Crippen molar-refractivity contribution in [3.8, 4) is 11.1 Å². The van der Waals surface area contributed by atoms with Crippen LogP contribution in [0.25, 0.3) is 11.1 Å². The van der Waals surface area contributed by atoms with E-state index in [0.29, 0.717) is 6.04 Å². The quantitative estimate of drug-likeness (QED) is 0.846. The predicted octanol–water partition coefficient (Wildman–Crippen LogP) is 4.10. The number of fused-ring (bicyclic) bond motifs is 3. The summed E-state index contributed by atoms with van der Waals surface area (Å²) >= 11 is 0. The molecule has 0 amide bonds. The molecule has 2 aliphatic rings. The van der Waals surface area contributed by atoms with Crippen LogP contribution in [0, 0.1) is 0 Å². The summed E-state index contributed by atoms with van der Waals surface area (Å²) < 4.78 is 38.1. The fourth-order valence-corrected chi connectivity index (χ4v) is 3.75. The summed E-state index contributed by atoms with van der Waals surface area (Å²) in [7, 11) is 0. The smallest absolute Gasteiger partial charge is 0.367 e. The molecule has 0 spiro atoms. The van der Waals surface area contributed by atoms with Gasteiger partial charge in [0.2, 0.25) is 0 Å². The molecule has 0 aromatic heterocycles. The van der Waals surface area contributed by atoms with Gasteiger partial charge in [0.05, 0.1) is 5.56 Å². The maximum Gasteiger partial charge on any atom is 0.416 e. The number of hydrogen-bond acceptors (Lipinski definition) is 2. The Bertz CT molecular complexity index is 737. The highest BCUT2D eigenvalue weighted by molar-refractivity contribution is 5.73. The van der Waals surface area contributed by atoms with Gasteiger partial charge in [0.15, 0.2) is 0 Å². The van der Waals surface area contributed by atoms with Crippen molar-refractivity contribution < 1.29 is 13.2 Å². The summed E-state index contributed by atoms with van der Waals surface area (Å²) in [5.74, 6) is 0. The Morgan fingerprint density at radius 3 is 2.46 bits per heavy atom. The van der Waals surface area contributed by atoms with Gasteiger partial charge in [-0.3, -0.25) is 0 Å². The largest absolute Gasteiger partial charge is 0.416 e. The van der Waals surface area contributed by atoms with Crippen LogP contribution in [0.15, 0.2) is 42.5 Å². The molecule has 2 aromatic carbocycles. The normalized spacial score (nSPS) is 20.5. The third kappa shape index (κ3) is 2.77. The zero-order valence-corrected chi connectivity index (χ0v) is 13.2. The van der Waals surface area contributed by atoms with Crippen molar-refractivity contribution in [1.82, 2.24) is 5.32 Å². The van der Waals surface area contributed by atoms with Crippen molar-refractivity contribution in [3.05, 3.63) is 53.6 Å². The van der Waals surface area contributed by atoms with Crippen LogP contribution in [-0.4, -0.2) is 25.7 Å². The molecule has 2 heterocycles. The second-order valence-electron chi connectivity index (χ2n) is 6.51. The van der Waals surface area contributed by atoms with Crippen LogP contribution < -0.4 is 10.2 Å². The molecule has 2 aromatic rings. The SMILES string of the molecule is FC(F)(F)c1ccc(-c2ccc3c(c2)N2CCNCCC2C3)cc1. The molecule has 2 nitrogen and oxygen atoms in total. The van der Waals surface area contributed by atoms with Crippen LogP contribution in [0.2, 0.25) is 0 Å². The molecule has 4 rings (SSSR count). The lowest BCUT2D eigenvalue weighted by Gasteiger charge is -2.24. The molecule has 2 aliphatic heterocycles. The summed E-state index contributed by atoms with van der Waals surface area (Å²) in [5.41, 5.74) is 3.77. The van der Waals surface area contributed by atoms with Gasteiger partial charge in [-0.2, -0.15) is 13.2 Å². The van der Waals surface area contributed by atoms with Crippen LogP contribution in [0.5, 0.6) is 0 Å². The highest BCUT2D eigenvalue weighted by atomic mass is 19.4. The van der Waals surface area contributed by atoms with Crippen molar-refractivity contribution in [3.63, 3.8) is 0 Å². The van der Waals surface area contributed by atoms with Crippen molar-refractivity contribution in [2.24, 2.45) is 0 Å². The molecule has 5 heteroatoms. The zero-order chi connectivity index (χ0) is 16.7. The van der Waals surface area contributed by atoms with Crippen LogP contribution >= 0.6 is 0 Å². The molecule has 126 valence electrons. The summed E-state index contributed by atoms with van der Waals surface area (Å²) in [6.45, 7) is 3.00. The predicted molar refractivity (Wildman–Crippen MR) is 89.2 cm³/mol. The Morgan fingerprint density at radius 2 is 1.71 bits per heavy atom. The first-order chi connectivity index (χ1) is 11.5. The lowest BCUT2D eigenvalue weighted by Crippen LogP contribution is -2.32. The average molecular weight is 332 g/mol. The fraction of sp³-hybridized carbons (Fsp3) is 0.368. The summed E-state index contributed by atoms with van der Waals surface area (Å²) in [6.07, 6.45) is -2.10. The molecule has 1 fully saturated rings. The molecule has 1 saturated heterocycles. The number of nitrogens with zero attached hydrogens (tertiary/aromatic N) is 1. The molecule has 1 unspecified atom stereocenters. The van der Waals surface area contributed by atoms with Crippen molar-refractivity contribution in [1.29, 1.82) is 0 Å². The summed E-state index contributed by atoms with van der Waals surface area (Å²) in [6, 6.07) is 12.2. The lowest BCUT2D eigenvalue weighted by molar-refractivity contribution is -0.137. The molecular weight excluding hydrogens is 313 g/mol. The molecule has 0 aliphatic carbocycles. The maximum atomic E-state index is 12.7. The van der Waals surface area contributed by atoms with Gasteiger partial charge in [0.25, 0.3) is 0 Å². The van der Waals surface area contributed by atoms with E-state index < -0.39 is 11.7 Å². The summed E-state index contributed by atoms with van der Waals surface area (Å²) in [4.78, 5) is 2.45. The van der Waals surface area contributed by atoms with Gasteiger partial charge in [-0.05, 0) is 54.3 Å². The summed E-state index contributed by atoms with van der Waals surface area (Å²) in [5, 5.41) is 3.43.